The fourth-order valence-corrected chi connectivity index (χ4v) is 1.93. The van der Waals surface area contributed by atoms with Crippen LogP contribution in [0.1, 0.15) is 12.8 Å². The highest BCUT2D eigenvalue weighted by Gasteiger charge is 2.13. The first-order valence-electron chi connectivity index (χ1n) is 3.48. The van der Waals surface area contributed by atoms with Crippen LogP contribution in [0.3, 0.4) is 0 Å². The molecule has 0 aromatic rings. The molecule has 0 spiro atoms. The van der Waals surface area contributed by atoms with E-state index in [2.05, 4.69) is 0 Å². The first-order chi connectivity index (χ1) is 4.79. The van der Waals surface area contributed by atoms with Gasteiger partial charge in [-0.25, -0.2) is 8.42 Å². The van der Waals surface area contributed by atoms with Gasteiger partial charge in [-0.15, -0.1) is 0 Å². The van der Waals surface area contributed by atoms with Crippen LogP contribution in [0.5, 0.6) is 0 Å². The number of hydrogen-bond acceptors (Lipinski definition) is 3. The van der Waals surface area contributed by atoms with Gasteiger partial charge in [0.05, 0.1) is 5.75 Å². The predicted octanol–water partition coefficient (Wildman–Crippen LogP) is 0.0244. The van der Waals surface area contributed by atoms with Crippen molar-refractivity contribution in [3.05, 3.63) is 0 Å². The summed E-state index contributed by atoms with van der Waals surface area (Å²) in [7, 11) is -2.18. The van der Waals surface area contributed by atoms with E-state index in [0.29, 0.717) is 11.7 Å². The molecule has 0 radical (unpaired) electrons. The van der Waals surface area contributed by atoms with Crippen LogP contribution >= 0.6 is 0 Å². The van der Waals surface area contributed by atoms with Crippen molar-refractivity contribution in [1.29, 1.82) is 0 Å². The van der Waals surface area contributed by atoms with Gasteiger partial charge in [-0.2, -0.15) is 0 Å². The first kappa shape index (κ1) is 8.01. The lowest BCUT2D eigenvalue weighted by Crippen LogP contribution is -2.19. The normalized spacial score (nSPS) is 21.7. The van der Waals surface area contributed by atoms with Crippen molar-refractivity contribution < 1.29 is 13.2 Å². The van der Waals surface area contributed by atoms with Crippen LogP contribution in [0.2, 0.25) is 0 Å². The maximum atomic E-state index is 10.3. The van der Waals surface area contributed by atoms with Crippen molar-refractivity contribution in [1.82, 2.24) is 0 Å². The first-order valence-corrected chi connectivity index (χ1v) is 4.85. The highest BCUT2D eigenvalue weighted by molar-refractivity contribution is 7.72. The van der Waals surface area contributed by atoms with E-state index in [1.807, 2.05) is 0 Å². The third-order valence-corrected chi connectivity index (χ3v) is 2.56. The third kappa shape index (κ3) is 2.66. The Balaban J connectivity index is 2.26. The molecule has 0 saturated carbocycles. The van der Waals surface area contributed by atoms with E-state index in [1.165, 1.54) is 0 Å². The van der Waals surface area contributed by atoms with Crippen molar-refractivity contribution in [2.75, 3.05) is 19.0 Å². The number of hydrogen-bond donors (Lipinski definition) is 1. The minimum atomic E-state index is -2.18. The summed E-state index contributed by atoms with van der Waals surface area (Å²) in [5, 5.41) is 0. The molecule has 1 saturated heterocycles. The summed E-state index contributed by atoms with van der Waals surface area (Å²) in [5.41, 5.74) is 0. The van der Waals surface area contributed by atoms with Gasteiger partial charge in [-0.05, 0) is 18.8 Å². The summed E-state index contributed by atoms with van der Waals surface area (Å²) in [5.74, 6) is 0.702. The van der Waals surface area contributed by atoms with Gasteiger partial charge < -0.3 is 4.74 Å². The second kappa shape index (κ2) is 3.93. The Morgan fingerprint density at radius 1 is 1.30 bits per heavy atom. The maximum absolute atomic E-state index is 10.3. The molecule has 10 heavy (non-hydrogen) atoms. The van der Waals surface area contributed by atoms with Gasteiger partial charge in [0.1, 0.15) is 10.7 Å². The minimum Gasteiger partial charge on any atom is -0.381 e. The molecule has 3 nitrogen and oxygen atoms in total. The van der Waals surface area contributed by atoms with Crippen LogP contribution < -0.4 is 0 Å². The molecule has 1 fully saturated rings. The van der Waals surface area contributed by atoms with Gasteiger partial charge in [-0.1, -0.05) is 0 Å². The van der Waals surface area contributed by atoms with Gasteiger partial charge in [0.25, 0.3) is 0 Å². The van der Waals surface area contributed by atoms with Crippen LogP contribution in [0.25, 0.3) is 0 Å². The average molecular weight is 164 g/mol. The van der Waals surface area contributed by atoms with E-state index in [9.17, 15) is 8.42 Å². The van der Waals surface area contributed by atoms with E-state index in [-0.39, 0.29) is 0 Å². The van der Waals surface area contributed by atoms with E-state index >= 15 is 0 Å². The summed E-state index contributed by atoms with van der Waals surface area (Å²) in [6.07, 6.45) is 1.81. The van der Waals surface area contributed by atoms with Gasteiger partial charge in [-0.3, -0.25) is 0 Å². The maximum Gasteiger partial charge on any atom is 0.140 e. The molecular weight excluding hydrogens is 152 g/mol. The Hall–Kier alpha value is -0.0900. The minimum absolute atomic E-state index is 0.346. The SMILES string of the molecule is O=[SH](=O)CC1CCOCC1. The van der Waals surface area contributed by atoms with Crippen molar-refractivity contribution >= 4 is 10.7 Å². The average Bonchev–Trinajstić information content (AvgIpc) is 1.88. The van der Waals surface area contributed by atoms with E-state index in [0.717, 1.165) is 26.1 Å². The second-order valence-electron chi connectivity index (χ2n) is 2.57. The van der Waals surface area contributed by atoms with Crippen molar-refractivity contribution in [2.45, 2.75) is 12.8 Å². The van der Waals surface area contributed by atoms with Gasteiger partial charge in [0.2, 0.25) is 0 Å². The molecule has 0 aromatic carbocycles. The molecule has 0 aliphatic carbocycles. The van der Waals surface area contributed by atoms with Gasteiger partial charge in [0.15, 0.2) is 0 Å². The molecule has 1 rings (SSSR count). The summed E-state index contributed by atoms with van der Waals surface area (Å²) >= 11 is 0. The summed E-state index contributed by atoms with van der Waals surface area (Å²) in [4.78, 5) is 0. The van der Waals surface area contributed by atoms with Crippen LogP contribution in [0, 0.1) is 5.92 Å². The molecule has 0 amide bonds. The topological polar surface area (TPSA) is 43.4 Å². The zero-order valence-corrected chi connectivity index (χ0v) is 6.68. The number of thiol groups is 1. The lowest BCUT2D eigenvalue weighted by Gasteiger charge is -2.19. The van der Waals surface area contributed by atoms with E-state index in [4.69, 9.17) is 4.74 Å². The Labute approximate surface area is 62.3 Å². The Morgan fingerprint density at radius 3 is 2.40 bits per heavy atom. The summed E-state index contributed by atoms with van der Waals surface area (Å²) < 4.78 is 25.6. The van der Waals surface area contributed by atoms with Crippen LogP contribution in [-0.2, 0) is 15.4 Å². The Bertz CT molecular complexity index is 150. The van der Waals surface area contributed by atoms with Gasteiger partial charge >= 0.3 is 0 Å². The van der Waals surface area contributed by atoms with Crippen LogP contribution in [0.4, 0.5) is 0 Å². The van der Waals surface area contributed by atoms with E-state index in [1.54, 1.807) is 0 Å². The zero-order valence-electron chi connectivity index (χ0n) is 5.78. The quantitative estimate of drug-likeness (QED) is 0.585. The van der Waals surface area contributed by atoms with Crippen molar-refractivity contribution in [3.8, 4) is 0 Å². The molecule has 1 aliphatic rings. The Kier molecular flexibility index (Phi) is 3.15. The standard InChI is InChI=1S/C6H12O3S/c7-10(8)5-6-1-3-9-4-2-6/h6,10H,1-5H2. The zero-order chi connectivity index (χ0) is 7.40. The largest absolute Gasteiger partial charge is 0.381 e. The van der Waals surface area contributed by atoms with Crippen LogP contribution in [0.15, 0.2) is 0 Å². The molecule has 60 valence electrons. The van der Waals surface area contributed by atoms with E-state index < -0.39 is 10.7 Å². The number of rotatable bonds is 2. The lowest BCUT2D eigenvalue weighted by molar-refractivity contribution is 0.0725. The lowest BCUT2D eigenvalue weighted by atomic mass is 10.0. The van der Waals surface area contributed by atoms with Crippen molar-refractivity contribution in [2.24, 2.45) is 5.92 Å². The molecular formula is C6H12O3S. The fraction of sp³-hybridized carbons (Fsp3) is 1.00. The molecule has 0 bridgehead atoms. The monoisotopic (exact) mass is 164 g/mol. The predicted molar refractivity (Wildman–Crippen MR) is 38.7 cm³/mol. The molecule has 1 aliphatic heterocycles. The molecule has 1 heterocycles. The fourth-order valence-electron chi connectivity index (χ4n) is 1.14. The van der Waals surface area contributed by atoms with Crippen LogP contribution in [-0.4, -0.2) is 27.4 Å². The Morgan fingerprint density at radius 2 is 1.90 bits per heavy atom. The number of ether oxygens (including phenoxy) is 1. The third-order valence-electron chi connectivity index (χ3n) is 1.75. The summed E-state index contributed by atoms with van der Waals surface area (Å²) in [6, 6.07) is 0. The van der Waals surface area contributed by atoms with Crippen molar-refractivity contribution in [3.63, 3.8) is 0 Å². The molecule has 4 heteroatoms. The summed E-state index contributed by atoms with van der Waals surface area (Å²) in [6.45, 7) is 1.46. The molecule has 0 aromatic heterocycles. The smallest absolute Gasteiger partial charge is 0.140 e. The second-order valence-corrected chi connectivity index (χ2v) is 3.60. The molecule has 0 atom stereocenters. The highest BCUT2D eigenvalue weighted by atomic mass is 32.2. The molecule has 0 unspecified atom stereocenters. The molecule has 0 N–H and O–H groups in total. The highest BCUT2D eigenvalue weighted by Crippen LogP contribution is 2.13. The van der Waals surface area contributed by atoms with Gasteiger partial charge in [0, 0.05) is 13.2 Å².